The van der Waals surface area contributed by atoms with Crippen molar-refractivity contribution in [2.75, 3.05) is 11.9 Å². The van der Waals surface area contributed by atoms with E-state index in [1.807, 2.05) is 32.0 Å². The Morgan fingerprint density at radius 1 is 1.29 bits per heavy atom. The number of hydrogen-bond acceptors (Lipinski definition) is 3. The van der Waals surface area contributed by atoms with Gasteiger partial charge in [0.2, 0.25) is 0 Å². The van der Waals surface area contributed by atoms with Crippen LogP contribution >= 0.6 is 0 Å². The first kappa shape index (κ1) is 15.8. The smallest absolute Gasteiger partial charge is 0.251 e. The maximum absolute atomic E-state index is 11.8. The number of amides is 1. The predicted octanol–water partition coefficient (Wildman–Crippen LogP) is 3.11. The first-order valence-electron chi connectivity index (χ1n) is 7.80. The molecular formula is C17H26N2O2. The molecule has 2 unspecified atom stereocenters. The van der Waals surface area contributed by atoms with E-state index >= 15 is 0 Å². The van der Waals surface area contributed by atoms with Crippen LogP contribution in [0, 0.1) is 6.92 Å². The third-order valence-corrected chi connectivity index (χ3v) is 3.88. The van der Waals surface area contributed by atoms with Crippen LogP contribution in [0.25, 0.3) is 0 Å². The summed E-state index contributed by atoms with van der Waals surface area (Å²) in [4.78, 5) is 11.8. The number of nitrogens with one attached hydrogen (secondary N) is 2. The minimum atomic E-state index is -0.0135. The molecule has 0 saturated carbocycles. The fraction of sp³-hybridized carbons (Fsp3) is 0.588. The van der Waals surface area contributed by atoms with E-state index in [2.05, 4.69) is 24.5 Å². The van der Waals surface area contributed by atoms with Gasteiger partial charge in [-0.1, -0.05) is 0 Å². The monoisotopic (exact) mass is 290 g/mol. The lowest BCUT2D eigenvalue weighted by molar-refractivity contribution is -0.0337. The Morgan fingerprint density at radius 3 is 2.52 bits per heavy atom. The standard InChI is InChI=1S/C17H26N2O2/c1-5-18-17(20)14-6-7-16(11(2)8-14)19-15-9-12(3)21-13(4)10-15/h6-8,12-13,15,19H,5,9-10H2,1-4H3,(H,18,20). The SMILES string of the molecule is CCNC(=O)c1ccc(NC2CC(C)OC(C)C2)c(C)c1. The van der Waals surface area contributed by atoms with Gasteiger partial charge in [-0.15, -0.1) is 0 Å². The molecule has 1 aliphatic heterocycles. The molecule has 1 aromatic carbocycles. The van der Waals surface area contributed by atoms with Crippen LogP contribution < -0.4 is 10.6 Å². The lowest BCUT2D eigenvalue weighted by Gasteiger charge is -2.33. The molecule has 1 fully saturated rings. The Kier molecular flexibility index (Phi) is 5.23. The summed E-state index contributed by atoms with van der Waals surface area (Å²) in [5.74, 6) is -0.0135. The van der Waals surface area contributed by atoms with E-state index < -0.39 is 0 Å². The Labute approximate surface area is 127 Å². The zero-order chi connectivity index (χ0) is 15.4. The van der Waals surface area contributed by atoms with E-state index in [-0.39, 0.29) is 5.91 Å². The van der Waals surface area contributed by atoms with Gasteiger partial charge in [0, 0.05) is 23.8 Å². The lowest BCUT2D eigenvalue weighted by atomic mass is 9.99. The number of carbonyl (C=O) groups excluding carboxylic acids is 1. The van der Waals surface area contributed by atoms with Crippen molar-refractivity contribution in [1.82, 2.24) is 5.32 Å². The van der Waals surface area contributed by atoms with Crippen molar-refractivity contribution in [2.24, 2.45) is 0 Å². The summed E-state index contributed by atoms with van der Waals surface area (Å²) in [6.07, 6.45) is 2.62. The molecule has 4 nitrogen and oxygen atoms in total. The molecule has 1 aromatic rings. The molecule has 0 radical (unpaired) electrons. The first-order valence-corrected chi connectivity index (χ1v) is 7.80. The number of carbonyl (C=O) groups is 1. The Bertz CT molecular complexity index is 492. The third-order valence-electron chi connectivity index (χ3n) is 3.88. The number of aryl methyl sites for hydroxylation is 1. The topological polar surface area (TPSA) is 50.4 Å². The van der Waals surface area contributed by atoms with Crippen LogP contribution in [-0.4, -0.2) is 30.7 Å². The Morgan fingerprint density at radius 2 is 1.95 bits per heavy atom. The largest absolute Gasteiger partial charge is 0.382 e. The van der Waals surface area contributed by atoms with Crippen molar-refractivity contribution in [3.8, 4) is 0 Å². The van der Waals surface area contributed by atoms with Gasteiger partial charge >= 0.3 is 0 Å². The van der Waals surface area contributed by atoms with E-state index in [0.717, 1.165) is 24.1 Å². The van der Waals surface area contributed by atoms with Crippen LogP contribution in [0.3, 0.4) is 0 Å². The Balaban J connectivity index is 2.05. The summed E-state index contributed by atoms with van der Waals surface area (Å²) in [7, 11) is 0. The highest BCUT2D eigenvalue weighted by Gasteiger charge is 2.24. The van der Waals surface area contributed by atoms with Gasteiger partial charge in [-0.2, -0.15) is 0 Å². The second-order valence-corrected chi connectivity index (χ2v) is 5.96. The first-order chi connectivity index (χ1) is 9.99. The van der Waals surface area contributed by atoms with Gasteiger partial charge in [0.1, 0.15) is 0 Å². The quantitative estimate of drug-likeness (QED) is 0.896. The fourth-order valence-electron chi connectivity index (χ4n) is 2.97. The van der Waals surface area contributed by atoms with Gasteiger partial charge in [-0.25, -0.2) is 0 Å². The van der Waals surface area contributed by atoms with Crippen LogP contribution in [0.15, 0.2) is 18.2 Å². The minimum Gasteiger partial charge on any atom is -0.382 e. The van der Waals surface area contributed by atoms with E-state index in [1.165, 1.54) is 0 Å². The summed E-state index contributed by atoms with van der Waals surface area (Å²) >= 11 is 0. The molecule has 1 heterocycles. The molecule has 1 saturated heterocycles. The zero-order valence-corrected chi connectivity index (χ0v) is 13.4. The molecule has 1 aliphatic rings. The third kappa shape index (κ3) is 4.21. The zero-order valence-electron chi connectivity index (χ0n) is 13.4. The molecule has 0 aromatic heterocycles. The average molecular weight is 290 g/mol. The number of ether oxygens (including phenoxy) is 1. The maximum Gasteiger partial charge on any atom is 0.251 e. The van der Waals surface area contributed by atoms with Gasteiger partial charge in [0.15, 0.2) is 0 Å². The molecule has 1 amide bonds. The van der Waals surface area contributed by atoms with E-state index in [0.29, 0.717) is 30.4 Å². The summed E-state index contributed by atoms with van der Waals surface area (Å²) in [6, 6.07) is 6.26. The van der Waals surface area contributed by atoms with Gasteiger partial charge < -0.3 is 15.4 Å². The van der Waals surface area contributed by atoms with Crippen LogP contribution in [0.5, 0.6) is 0 Å². The molecular weight excluding hydrogens is 264 g/mol. The molecule has 2 atom stereocenters. The van der Waals surface area contributed by atoms with Crippen LogP contribution in [0.1, 0.15) is 49.5 Å². The van der Waals surface area contributed by atoms with Gasteiger partial charge in [-0.3, -0.25) is 4.79 Å². The average Bonchev–Trinajstić information content (AvgIpc) is 2.40. The predicted molar refractivity (Wildman–Crippen MR) is 85.8 cm³/mol. The van der Waals surface area contributed by atoms with Crippen LogP contribution in [-0.2, 0) is 4.74 Å². The highest BCUT2D eigenvalue weighted by atomic mass is 16.5. The molecule has 21 heavy (non-hydrogen) atoms. The van der Waals surface area contributed by atoms with Crippen LogP contribution in [0.2, 0.25) is 0 Å². The normalized spacial score (nSPS) is 25.4. The number of anilines is 1. The van der Waals surface area contributed by atoms with Gasteiger partial charge in [0.25, 0.3) is 5.91 Å². The molecule has 2 N–H and O–H groups in total. The van der Waals surface area contributed by atoms with Crippen molar-refractivity contribution < 1.29 is 9.53 Å². The molecule has 4 heteroatoms. The highest BCUT2D eigenvalue weighted by Crippen LogP contribution is 2.25. The summed E-state index contributed by atoms with van der Waals surface area (Å²) < 4.78 is 5.77. The maximum atomic E-state index is 11.8. The Hall–Kier alpha value is -1.55. The highest BCUT2D eigenvalue weighted by molar-refractivity contribution is 5.94. The van der Waals surface area contributed by atoms with Crippen molar-refractivity contribution in [3.63, 3.8) is 0 Å². The van der Waals surface area contributed by atoms with Crippen molar-refractivity contribution in [1.29, 1.82) is 0 Å². The van der Waals surface area contributed by atoms with Crippen molar-refractivity contribution in [3.05, 3.63) is 29.3 Å². The molecule has 0 bridgehead atoms. The summed E-state index contributed by atoms with van der Waals surface area (Å²) in [5, 5.41) is 6.42. The van der Waals surface area contributed by atoms with E-state index in [4.69, 9.17) is 4.74 Å². The molecule has 0 aliphatic carbocycles. The van der Waals surface area contributed by atoms with E-state index in [9.17, 15) is 4.79 Å². The molecule has 116 valence electrons. The van der Waals surface area contributed by atoms with Crippen molar-refractivity contribution in [2.45, 2.75) is 58.8 Å². The molecule has 0 spiro atoms. The second kappa shape index (κ2) is 6.94. The number of hydrogen-bond donors (Lipinski definition) is 2. The van der Waals surface area contributed by atoms with Crippen LogP contribution in [0.4, 0.5) is 5.69 Å². The number of rotatable bonds is 4. The number of benzene rings is 1. The lowest BCUT2D eigenvalue weighted by Crippen LogP contribution is -2.37. The minimum absolute atomic E-state index is 0.0135. The van der Waals surface area contributed by atoms with Gasteiger partial charge in [-0.05, 0) is 64.3 Å². The second-order valence-electron chi connectivity index (χ2n) is 5.96. The summed E-state index contributed by atoms with van der Waals surface area (Å²) in [5.41, 5.74) is 2.92. The summed E-state index contributed by atoms with van der Waals surface area (Å²) in [6.45, 7) is 8.85. The fourth-order valence-corrected chi connectivity index (χ4v) is 2.97. The van der Waals surface area contributed by atoms with Crippen molar-refractivity contribution >= 4 is 11.6 Å². The molecule has 2 rings (SSSR count). The van der Waals surface area contributed by atoms with Gasteiger partial charge in [0.05, 0.1) is 12.2 Å². The van der Waals surface area contributed by atoms with E-state index in [1.54, 1.807) is 0 Å².